The molecule has 0 aromatic carbocycles. The fraction of sp³-hybridized carbons (Fsp3) is 0.333. The quantitative estimate of drug-likeness (QED) is 0.510. The van der Waals surface area contributed by atoms with Gasteiger partial charge in [0.05, 0.1) is 11.4 Å². The summed E-state index contributed by atoms with van der Waals surface area (Å²) in [7, 11) is 0. The molecule has 1 rings (SSSR count). The zero-order valence-electron chi connectivity index (χ0n) is 7.21. The predicted octanol–water partition coefficient (Wildman–Crippen LogP) is 2.85. The minimum Gasteiger partial charge on any atom is -0.259 e. The summed E-state index contributed by atoms with van der Waals surface area (Å²) in [6, 6.07) is 1.89. The fourth-order valence-electron chi connectivity index (χ4n) is 1.02. The van der Waals surface area contributed by atoms with Gasteiger partial charge in [0.2, 0.25) is 0 Å². The fourth-order valence-corrected chi connectivity index (χ4v) is 1.24. The Hall–Kier alpha value is -0.890. The van der Waals surface area contributed by atoms with Crippen molar-refractivity contribution in [3.05, 3.63) is 23.5 Å². The molecule has 0 radical (unpaired) electrons. The molecular formula is C9H11ClN2. The highest BCUT2D eigenvalue weighted by atomic mass is 35.5. The summed E-state index contributed by atoms with van der Waals surface area (Å²) < 4.78 is 0. The molecular weight excluding hydrogens is 172 g/mol. The van der Waals surface area contributed by atoms with Crippen LogP contribution in [0.15, 0.2) is 17.3 Å². The van der Waals surface area contributed by atoms with Crippen molar-refractivity contribution < 1.29 is 0 Å². The highest BCUT2D eigenvalue weighted by Gasteiger charge is 2.02. The van der Waals surface area contributed by atoms with Crippen molar-refractivity contribution in [2.75, 3.05) is 0 Å². The van der Waals surface area contributed by atoms with E-state index in [2.05, 4.69) is 9.98 Å². The largest absolute Gasteiger partial charge is 0.259 e. The normalized spacial score (nSPS) is 10.9. The number of pyridine rings is 1. The number of nitrogens with zero attached hydrogens (tertiary/aromatic N) is 2. The second kappa shape index (κ2) is 4.21. The molecule has 1 heterocycles. The smallest absolute Gasteiger partial charge is 0.0882 e. The number of rotatable bonds is 2. The van der Waals surface area contributed by atoms with E-state index in [1.165, 1.54) is 0 Å². The molecule has 0 unspecified atom stereocenters. The third-order valence-corrected chi connectivity index (χ3v) is 1.88. The number of aliphatic imine (C=N–C) groups is 1. The van der Waals surface area contributed by atoms with Gasteiger partial charge >= 0.3 is 0 Å². The van der Waals surface area contributed by atoms with Gasteiger partial charge in [-0.3, -0.25) is 9.98 Å². The van der Waals surface area contributed by atoms with Crippen molar-refractivity contribution in [1.82, 2.24) is 4.98 Å². The first-order chi connectivity index (χ1) is 5.79. The number of aryl methyl sites for hydroxylation is 1. The van der Waals surface area contributed by atoms with E-state index in [0.29, 0.717) is 5.88 Å². The zero-order chi connectivity index (χ0) is 8.97. The van der Waals surface area contributed by atoms with Crippen LogP contribution < -0.4 is 0 Å². The average Bonchev–Trinajstić information content (AvgIpc) is 2.09. The summed E-state index contributed by atoms with van der Waals surface area (Å²) in [6.07, 6.45) is 3.50. The molecule has 0 fully saturated rings. The minimum atomic E-state index is 0.482. The van der Waals surface area contributed by atoms with Crippen LogP contribution in [0.1, 0.15) is 18.2 Å². The van der Waals surface area contributed by atoms with E-state index in [1.54, 1.807) is 12.4 Å². The molecule has 1 aromatic rings. The molecule has 3 heteroatoms. The Morgan fingerprint density at radius 2 is 2.42 bits per heavy atom. The molecule has 0 saturated heterocycles. The maximum Gasteiger partial charge on any atom is 0.0882 e. The van der Waals surface area contributed by atoms with E-state index in [-0.39, 0.29) is 0 Å². The van der Waals surface area contributed by atoms with Crippen molar-refractivity contribution in [3.8, 4) is 0 Å². The van der Waals surface area contributed by atoms with Crippen LogP contribution in [-0.4, -0.2) is 11.2 Å². The zero-order valence-corrected chi connectivity index (χ0v) is 7.97. The number of aromatic nitrogens is 1. The van der Waals surface area contributed by atoms with Gasteiger partial charge < -0.3 is 0 Å². The van der Waals surface area contributed by atoms with Crippen LogP contribution in [0, 0.1) is 6.92 Å². The third kappa shape index (κ3) is 1.83. The van der Waals surface area contributed by atoms with Gasteiger partial charge in [0.15, 0.2) is 0 Å². The SMILES string of the molecule is CC=Nc1c(CCl)ccnc1C. The highest BCUT2D eigenvalue weighted by Crippen LogP contribution is 2.22. The Bertz CT molecular complexity index is 295. The predicted molar refractivity (Wildman–Crippen MR) is 52.4 cm³/mol. The molecule has 0 aliphatic heterocycles. The number of halogens is 1. The minimum absolute atomic E-state index is 0.482. The Labute approximate surface area is 77.3 Å². The molecule has 0 aliphatic rings. The molecule has 0 aliphatic carbocycles. The Morgan fingerprint density at radius 1 is 1.67 bits per heavy atom. The standard InChI is InChI=1S/C9H11ClN2/c1-3-11-9-7(2)12-5-4-8(9)6-10/h3-5H,6H2,1-2H3. The van der Waals surface area contributed by atoms with E-state index >= 15 is 0 Å². The van der Waals surface area contributed by atoms with Gasteiger partial charge in [0.25, 0.3) is 0 Å². The molecule has 12 heavy (non-hydrogen) atoms. The number of hydrogen-bond acceptors (Lipinski definition) is 2. The second-order valence-electron chi connectivity index (χ2n) is 2.43. The maximum atomic E-state index is 5.74. The van der Waals surface area contributed by atoms with Gasteiger partial charge in [0.1, 0.15) is 0 Å². The lowest BCUT2D eigenvalue weighted by atomic mass is 10.2. The van der Waals surface area contributed by atoms with Crippen LogP contribution in [0.4, 0.5) is 5.69 Å². The lowest BCUT2D eigenvalue weighted by Crippen LogP contribution is -1.87. The van der Waals surface area contributed by atoms with Crippen molar-refractivity contribution in [2.24, 2.45) is 4.99 Å². The Morgan fingerprint density at radius 3 is 3.00 bits per heavy atom. The molecule has 0 amide bonds. The van der Waals surface area contributed by atoms with Crippen LogP contribution in [0.25, 0.3) is 0 Å². The second-order valence-corrected chi connectivity index (χ2v) is 2.69. The molecule has 0 N–H and O–H groups in total. The topological polar surface area (TPSA) is 25.2 Å². The van der Waals surface area contributed by atoms with Crippen LogP contribution in [-0.2, 0) is 5.88 Å². The van der Waals surface area contributed by atoms with Crippen molar-refractivity contribution in [3.63, 3.8) is 0 Å². The first-order valence-corrected chi connectivity index (χ1v) is 4.32. The van der Waals surface area contributed by atoms with E-state index in [0.717, 1.165) is 16.9 Å². The summed E-state index contributed by atoms with van der Waals surface area (Å²) in [5, 5.41) is 0. The van der Waals surface area contributed by atoms with E-state index < -0.39 is 0 Å². The van der Waals surface area contributed by atoms with Crippen molar-refractivity contribution in [1.29, 1.82) is 0 Å². The van der Waals surface area contributed by atoms with Crippen LogP contribution >= 0.6 is 11.6 Å². The third-order valence-electron chi connectivity index (χ3n) is 1.59. The molecule has 0 saturated carbocycles. The Kier molecular flexibility index (Phi) is 3.23. The van der Waals surface area contributed by atoms with E-state index in [4.69, 9.17) is 11.6 Å². The monoisotopic (exact) mass is 182 g/mol. The van der Waals surface area contributed by atoms with Gasteiger partial charge in [-0.25, -0.2) is 0 Å². The van der Waals surface area contributed by atoms with Gasteiger partial charge in [-0.15, -0.1) is 11.6 Å². The molecule has 64 valence electrons. The van der Waals surface area contributed by atoms with Crippen LogP contribution in [0.2, 0.25) is 0 Å². The van der Waals surface area contributed by atoms with E-state index in [1.807, 2.05) is 19.9 Å². The number of hydrogen-bond donors (Lipinski definition) is 0. The summed E-state index contributed by atoms with van der Waals surface area (Å²) in [5.41, 5.74) is 2.85. The van der Waals surface area contributed by atoms with Gasteiger partial charge in [-0.1, -0.05) is 0 Å². The molecule has 0 atom stereocenters. The molecule has 0 bridgehead atoms. The first-order valence-electron chi connectivity index (χ1n) is 3.78. The Balaban J connectivity index is 3.19. The van der Waals surface area contributed by atoms with Gasteiger partial charge in [0, 0.05) is 18.3 Å². The molecule has 2 nitrogen and oxygen atoms in total. The summed E-state index contributed by atoms with van der Waals surface area (Å²) in [6.45, 7) is 3.81. The average molecular weight is 183 g/mol. The van der Waals surface area contributed by atoms with E-state index in [9.17, 15) is 0 Å². The van der Waals surface area contributed by atoms with Crippen LogP contribution in [0.5, 0.6) is 0 Å². The summed E-state index contributed by atoms with van der Waals surface area (Å²) in [4.78, 5) is 8.34. The highest BCUT2D eigenvalue weighted by molar-refractivity contribution is 6.17. The van der Waals surface area contributed by atoms with Crippen LogP contribution in [0.3, 0.4) is 0 Å². The van der Waals surface area contributed by atoms with Crippen molar-refractivity contribution >= 4 is 23.5 Å². The molecule has 1 aromatic heterocycles. The lowest BCUT2D eigenvalue weighted by molar-refractivity contribution is 1.15. The maximum absolute atomic E-state index is 5.74. The van der Waals surface area contributed by atoms with Gasteiger partial charge in [-0.05, 0) is 25.5 Å². The van der Waals surface area contributed by atoms with Crippen molar-refractivity contribution in [2.45, 2.75) is 19.7 Å². The molecule has 0 spiro atoms. The first kappa shape index (κ1) is 9.20. The summed E-state index contributed by atoms with van der Waals surface area (Å²) in [5.74, 6) is 0.482. The summed E-state index contributed by atoms with van der Waals surface area (Å²) >= 11 is 5.74. The lowest BCUT2D eigenvalue weighted by Gasteiger charge is -2.03. The van der Waals surface area contributed by atoms with Gasteiger partial charge in [-0.2, -0.15) is 0 Å². The number of alkyl halides is 1.